The number of hydrogen-bond acceptors (Lipinski definition) is 4. The Balaban J connectivity index is 2.19. The van der Waals surface area contributed by atoms with E-state index < -0.39 is 0 Å². The monoisotopic (exact) mass is 341 g/mol. The molecule has 0 radical (unpaired) electrons. The van der Waals surface area contributed by atoms with E-state index in [0.29, 0.717) is 23.7 Å². The van der Waals surface area contributed by atoms with Gasteiger partial charge < -0.3 is 19.5 Å². The van der Waals surface area contributed by atoms with Crippen LogP contribution in [0.5, 0.6) is 17.2 Å². The molecule has 0 heterocycles. The Morgan fingerprint density at radius 3 is 1.96 bits per heavy atom. The lowest BCUT2D eigenvalue weighted by Gasteiger charge is -2.12. The smallest absolute Gasteiger partial charge is 0.224 e. The van der Waals surface area contributed by atoms with Gasteiger partial charge in [0.05, 0.1) is 21.3 Å². The van der Waals surface area contributed by atoms with Gasteiger partial charge in [0.25, 0.3) is 0 Å². The van der Waals surface area contributed by atoms with Crippen LogP contribution in [0.25, 0.3) is 12.2 Å². The van der Waals surface area contributed by atoms with Gasteiger partial charge in [0.15, 0.2) is 11.5 Å². The minimum Gasteiger partial charge on any atom is -0.493 e. The molecule has 2 aromatic carbocycles. The van der Waals surface area contributed by atoms with Crippen molar-refractivity contribution in [2.24, 2.45) is 0 Å². The summed E-state index contributed by atoms with van der Waals surface area (Å²) in [6.45, 7) is 1.82. The molecular formula is C20H23NO4. The summed E-state index contributed by atoms with van der Waals surface area (Å²) >= 11 is 0. The van der Waals surface area contributed by atoms with Crippen LogP contribution in [0.4, 0.5) is 5.69 Å². The van der Waals surface area contributed by atoms with Gasteiger partial charge in [-0.05, 0) is 35.4 Å². The summed E-state index contributed by atoms with van der Waals surface area (Å²) in [5, 5.41) is 2.83. The first kappa shape index (κ1) is 18.4. The molecular weight excluding hydrogens is 318 g/mol. The predicted molar refractivity (Wildman–Crippen MR) is 100 cm³/mol. The standard InChI is InChI=1S/C20H23NO4/c1-5-19(22)21-16-10-8-14(9-11-16)6-7-15-12-17(23-2)20(25-4)18(13-15)24-3/h6-13H,5H2,1-4H3,(H,21,22)/b7-6+. The Labute approximate surface area is 148 Å². The molecule has 0 bridgehead atoms. The molecule has 0 unspecified atom stereocenters. The number of anilines is 1. The van der Waals surface area contributed by atoms with Crippen molar-refractivity contribution in [2.45, 2.75) is 13.3 Å². The molecule has 0 fully saturated rings. The molecule has 5 heteroatoms. The summed E-state index contributed by atoms with van der Waals surface area (Å²) in [4.78, 5) is 11.4. The zero-order valence-electron chi connectivity index (χ0n) is 15.0. The van der Waals surface area contributed by atoms with Gasteiger partial charge >= 0.3 is 0 Å². The van der Waals surface area contributed by atoms with Crippen molar-refractivity contribution in [2.75, 3.05) is 26.6 Å². The van der Waals surface area contributed by atoms with Gasteiger partial charge in [0.2, 0.25) is 11.7 Å². The minimum atomic E-state index is 0.000662. The second kappa shape index (κ2) is 8.78. The van der Waals surface area contributed by atoms with Crippen LogP contribution in [-0.4, -0.2) is 27.2 Å². The minimum absolute atomic E-state index is 0.000662. The van der Waals surface area contributed by atoms with Gasteiger partial charge in [-0.3, -0.25) is 4.79 Å². The number of carbonyl (C=O) groups is 1. The van der Waals surface area contributed by atoms with Crippen LogP contribution >= 0.6 is 0 Å². The van der Waals surface area contributed by atoms with Gasteiger partial charge in [-0.2, -0.15) is 0 Å². The number of carbonyl (C=O) groups excluding carboxylic acids is 1. The molecule has 2 aromatic rings. The van der Waals surface area contributed by atoms with E-state index in [-0.39, 0.29) is 5.91 Å². The molecule has 0 aliphatic rings. The maximum atomic E-state index is 11.4. The number of amides is 1. The SMILES string of the molecule is CCC(=O)Nc1ccc(/C=C/c2cc(OC)c(OC)c(OC)c2)cc1. The van der Waals surface area contributed by atoms with Gasteiger partial charge in [-0.1, -0.05) is 31.2 Å². The highest BCUT2D eigenvalue weighted by Gasteiger charge is 2.11. The number of methoxy groups -OCH3 is 3. The van der Waals surface area contributed by atoms with E-state index >= 15 is 0 Å². The molecule has 132 valence electrons. The van der Waals surface area contributed by atoms with Crippen molar-refractivity contribution in [3.63, 3.8) is 0 Å². The van der Waals surface area contributed by atoms with Crippen molar-refractivity contribution >= 4 is 23.7 Å². The Morgan fingerprint density at radius 1 is 0.920 bits per heavy atom. The normalized spacial score (nSPS) is 10.6. The molecule has 0 aromatic heterocycles. The lowest BCUT2D eigenvalue weighted by Crippen LogP contribution is -2.08. The van der Waals surface area contributed by atoms with Gasteiger partial charge in [-0.25, -0.2) is 0 Å². The van der Waals surface area contributed by atoms with Gasteiger partial charge in [0.1, 0.15) is 0 Å². The van der Waals surface area contributed by atoms with Crippen LogP contribution in [0.2, 0.25) is 0 Å². The molecule has 0 aliphatic carbocycles. The molecule has 0 saturated heterocycles. The summed E-state index contributed by atoms with van der Waals surface area (Å²) < 4.78 is 16.0. The topological polar surface area (TPSA) is 56.8 Å². The summed E-state index contributed by atoms with van der Waals surface area (Å²) in [6, 6.07) is 11.4. The molecule has 0 aliphatic heterocycles. The highest BCUT2D eigenvalue weighted by Crippen LogP contribution is 2.38. The van der Waals surface area contributed by atoms with Crippen molar-refractivity contribution in [1.29, 1.82) is 0 Å². The largest absolute Gasteiger partial charge is 0.493 e. The summed E-state index contributed by atoms with van der Waals surface area (Å²) in [7, 11) is 4.76. The van der Waals surface area contributed by atoms with Crippen LogP contribution in [0.3, 0.4) is 0 Å². The summed E-state index contributed by atoms with van der Waals surface area (Å²) in [5.41, 5.74) is 2.73. The lowest BCUT2D eigenvalue weighted by molar-refractivity contribution is -0.115. The fourth-order valence-electron chi connectivity index (χ4n) is 2.32. The third-order valence-corrected chi connectivity index (χ3v) is 3.67. The number of rotatable bonds is 7. The lowest BCUT2D eigenvalue weighted by atomic mass is 10.1. The molecule has 2 rings (SSSR count). The summed E-state index contributed by atoms with van der Waals surface area (Å²) in [6.07, 6.45) is 4.40. The maximum Gasteiger partial charge on any atom is 0.224 e. The fraction of sp³-hybridized carbons (Fsp3) is 0.250. The van der Waals surface area contributed by atoms with Gasteiger partial charge in [-0.15, -0.1) is 0 Å². The predicted octanol–water partition coefficient (Wildman–Crippen LogP) is 4.23. The van der Waals surface area contributed by atoms with Crippen molar-refractivity contribution in [1.82, 2.24) is 0 Å². The number of nitrogens with one attached hydrogen (secondary N) is 1. The van der Waals surface area contributed by atoms with E-state index in [1.54, 1.807) is 21.3 Å². The zero-order valence-corrected chi connectivity index (χ0v) is 15.0. The average molecular weight is 341 g/mol. The van der Waals surface area contributed by atoms with Crippen LogP contribution < -0.4 is 19.5 Å². The summed E-state index contributed by atoms with van der Waals surface area (Å²) in [5.74, 6) is 1.79. The number of benzene rings is 2. The second-order valence-electron chi connectivity index (χ2n) is 5.32. The quantitative estimate of drug-likeness (QED) is 0.766. The second-order valence-corrected chi connectivity index (χ2v) is 5.32. The maximum absolute atomic E-state index is 11.4. The first-order chi connectivity index (χ1) is 12.1. The molecule has 5 nitrogen and oxygen atoms in total. The Kier molecular flexibility index (Phi) is 6.46. The van der Waals surface area contributed by atoms with Crippen molar-refractivity contribution in [3.8, 4) is 17.2 Å². The van der Waals surface area contributed by atoms with E-state index in [9.17, 15) is 4.79 Å². The van der Waals surface area contributed by atoms with Crippen LogP contribution in [0, 0.1) is 0 Å². The Bertz CT molecular complexity index is 726. The van der Waals surface area contributed by atoms with Gasteiger partial charge in [0, 0.05) is 12.1 Å². The molecule has 0 atom stereocenters. The van der Waals surface area contributed by atoms with Crippen molar-refractivity contribution < 1.29 is 19.0 Å². The van der Waals surface area contributed by atoms with E-state index in [4.69, 9.17) is 14.2 Å². The Morgan fingerprint density at radius 2 is 1.48 bits per heavy atom. The molecule has 25 heavy (non-hydrogen) atoms. The third-order valence-electron chi connectivity index (χ3n) is 3.67. The van der Waals surface area contributed by atoms with Crippen LogP contribution in [-0.2, 0) is 4.79 Å². The zero-order chi connectivity index (χ0) is 18.2. The van der Waals surface area contributed by atoms with E-state index in [0.717, 1.165) is 16.8 Å². The molecule has 0 saturated carbocycles. The van der Waals surface area contributed by atoms with E-state index in [1.807, 2.05) is 55.5 Å². The van der Waals surface area contributed by atoms with Crippen LogP contribution in [0.1, 0.15) is 24.5 Å². The number of ether oxygens (including phenoxy) is 3. The molecule has 1 amide bonds. The first-order valence-corrected chi connectivity index (χ1v) is 7.99. The first-order valence-electron chi connectivity index (χ1n) is 7.99. The number of hydrogen-bond donors (Lipinski definition) is 1. The van der Waals surface area contributed by atoms with Crippen molar-refractivity contribution in [3.05, 3.63) is 47.5 Å². The Hall–Kier alpha value is -2.95. The molecule has 0 spiro atoms. The van der Waals surface area contributed by atoms with E-state index in [2.05, 4.69) is 5.32 Å². The highest BCUT2D eigenvalue weighted by atomic mass is 16.5. The fourth-order valence-corrected chi connectivity index (χ4v) is 2.32. The third kappa shape index (κ3) is 4.76. The van der Waals surface area contributed by atoms with Crippen LogP contribution in [0.15, 0.2) is 36.4 Å². The van der Waals surface area contributed by atoms with E-state index in [1.165, 1.54) is 0 Å². The molecule has 1 N–H and O–H groups in total. The highest BCUT2D eigenvalue weighted by molar-refractivity contribution is 5.90. The average Bonchev–Trinajstić information content (AvgIpc) is 2.66.